The van der Waals surface area contributed by atoms with Crippen molar-refractivity contribution >= 4 is 16.9 Å². The molecule has 0 spiro atoms. The van der Waals surface area contributed by atoms with E-state index in [2.05, 4.69) is 15.3 Å². The number of carbonyl (C=O) groups excluding carboxylic acids is 1. The van der Waals surface area contributed by atoms with Crippen LogP contribution >= 0.6 is 0 Å². The van der Waals surface area contributed by atoms with E-state index in [-0.39, 0.29) is 11.8 Å². The molecule has 1 aliphatic rings. The van der Waals surface area contributed by atoms with Crippen LogP contribution in [0, 0.1) is 5.92 Å². The molecule has 1 aromatic heterocycles. The van der Waals surface area contributed by atoms with Gasteiger partial charge in [0.1, 0.15) is 0 Å². The van der Waals surface area contributed by atoms with Gasteiger partial charge in [0.05, 0.1) is 22.9 Å². The van der Waals surface area contributed by atoms with Crippen LogP contribution in [0.25, 0.3) is 11.0 Å². The number of nitrogens with two attached hydrogens (primary N) is 1. The van der Waals surface area contributed by atoms with Crippen LogP contribution in [0.1, 0.15) is 31.4 Å². The molecule has 110 valence electrons. The molecule has 21 heavy (non-hydrogen) atoms. The van der Waals surface area contributed by atoms with E-state index in [0.717, 1.165) is 42.4 Å². The fourth-order valence-electron chi connectivity index (χ4n) is 2.91. The molecule has 0 atom stereocenters. The average molecular weight is 284 g/mol. The molecule has 0 unspecified atom stereocenters. The second kappa shape index (κ2) is 6.18. The molecule has 2 aromatic rings. The van der Waals surface area contributed by atoms with E-state index in [1.54, 1.807) is 0 Å². The number of aromatic nitrogens is 2. The van der Waals surface area contributed by atoms with Gasteiger partial charge in [-0.2, -0.15) is 0 Å². The third kappa shape index (κ3) is 3.36. The molecule has 0 bridgehead atoms. The fraction of sp³-hybridized carbons (Fsp3) is 0.438. The number of benzene rings is 1. The normalized spacial score (nSPS) is 22.3. The first-order valence-corrected chi connectivity index (χ1v) is 7.46. The average Bonchev–Trinajstić information content (AvgIpc) is 2.53. The van der Waals surface area contributed by atoms with Gasteiger partial charge in [-0.05, 0) is 37.8 Å². The number of hydrogen-bond acceptors (Lipinski definition) is 4. The summed E-state index contributed by atoms with van der Waals surface area (Å²) in [5.74, 6) is -0.0997. The summed E-state index contributed by atoms with van der Waals surface area (Å²) < 4.78 is 0. The van der Waals surface area contributed by atoms with Crippen molar-refractivity contribution in [3.05, 3.63) is 36.2 Å². The fourth-order valence-corrected chi connectivity index (χ4v) is 2.91. The van der Waals surface area contributed by atoms with Gasteiger partial charge < -0.3 is 11.1 Å². The second-order valence-corrected chi connectivity index (χ2v) is 5.68. The van der Waals surface area contributed by atoms with Crippen LogP contribution in [0.5, 0.6) is 0 Å². The standard InChI is InChI=1S/C16H20N4O/c17-16(21)11-5-7-12(8-6-11)18-9-13-10-19-14-3-1-2-4-15(14)20-13/h1-4,10-12,18H,5-9H2,(H2,17,21). The van der Waals surface area contributed by atoms with E-state index < -0.39 is 0 Å². The third-order valence-corrected chi connectivity index (χ3v) is 4.20. The summed E-state index contributed by atoms with van der Waals surface area (Å²) in [7, 11) is 0. The smallest absolute Gasteiger partial charge is 0.220 e. The van der Waals surface area contributed by atoms with Gasteiger partial charge in [0, 0.05) is 18.5 Å². The van der Waals surface area contributed by atoms with Gasteiger partial charge >= 0.3 is 0 Å². The molecular formula is C16H20N4O. The van der Waals surface area contributed by atoms with E-state index in [4.69, 9.17) is 5.73 Å². The molecule has 3 rings (SSSR count). The number of nitrogens with one attached hydrogen (secondary N) is 1. The lowest BCUT2D eigenvalue weighted by atomic mass is 9.85. The molecule has 5 nitrogen and oxygen atoms in total. The Morgan fingerprint density at radius 3 is 2.62 bits per heavy atom. The summed E-state index contributed by atoms with van der Waals surface area (Å²) in [5.41, 5.74) is 8.15. The predicted octanol–water partition coefficient (Wildman–Crippen LogP) is 1.76. The first-order valence-electron chi connectivity index (χ1n) is 7.46. The molecule has 0 aliphatic heterocycles. The predicted molar refractivity (Wildman–Crippen MR) is 81.3 cm³/mol. The van der Waals surface area contributed by atoms with Gasteiger partial charge in [-0.3, -0.25) is 9.78 Å². The van der Waals surface area contributed by atoms with Crippen LogP contribution in [0.15, 0.2) is 30.5 Å². The van der Waals surface area contributed by atoms with Crippen molar-refractivity contribution in [2.45, 2.75) is 38.3 Å². The van der Waals surface area contributed by atoms with Crippen molar-refractivity contribution in [3.8, 4) is 0 Å². The zero-order valence-corrected chi connectivity index (χ0v) is 12.0. The molecule has 1 saturated carbocycles. The van der Waals surface area contributed by atoms with Gasteiger partial charge in [-0.15, -0.1) is 0 Å². The highest BCUT2D eigenvalue weighted by atomic mass is 16.1. The van der Waals surface area contributed by atoms with Crippen molar-refractivity contribution in [3.63, 3.8) is 0 Å². The Bertz CT molecular complexity index is 635. The molecule has 5 heteroatoms. The number of primary amides is 1. The molecule has 0 saturated heterocycles. The maximum atomic E-state index is 11.1. The van der Waals surface area contributed by atoms with Gasteiger partial charge in [-0.25, -0.2) is 4.98 Å². The summed E-state index contributed by atoms with van der Waals surface area (Å²) in [5, 5.41) is 3.51. The highest BCUT2D eigenvalue weighted by Gasteiger charge is 2.24. The third-order valence-electron chi connectivity index (χ3n) is 4.20. The minimum atomic E-state index is -0.158. The summed E-state index contributed by atoms with van der Waals surface area (Å²) in [4.78, 5) is 20.2. The SMILES string of the molecule is NC(=O)C1CCC(NCc2cnc3ccccc3n2)CC1. The number of carbonyl (C=O) groups is 1. The van der Waals surface area contributed by atoms with Crippen molar-refractivity contribution in [2.75, 3.05) is 0 Å². The Morgan fingerprint density at radius 2 is 1.90 bits per heavy atom. The van der Waals surface area contributed by atoms with Crippen LogP contribution < -0.4 is 11.1 Å². The van der Waals surface area contributed by atoms with Crippen LogP contribution in [-0.2, 0) is 11.3 Å². The number of rotatable bonds is 4. The summed E-state index contributed by atoms with van der Waals surface area (Å²) in [6.07, 6.45) is 5.58. The second-order valence-electron chi connectivity index (χ2n) is 5.68. The topological polar surface area (TPSA) is 80.9 Å². The maximum Gasteiger partial charge on any atom is 0.220 e. The minimum Gasteiger partial charge on any atom is -0.369 e. The van der Waals surface area contributed by atoms with Crippen molar-refractivity contribution in [1.82, 2.24) is 15.3 Å². The Balaban J connectivity index is 1.56. The Kier molecular flexibility index (Phi) is 4.10. The molecule has 1 heterocycles. The van der Waals surface area contributed by atoms with E-state index >= 15 is 0 Å². The zero-order chi connectivity index (χ0) is 14.7. The zero-order valence-electron chi connectivity index (χ0n) is 12.0. The largest absolute Gasteiger partial charge is 0.369 e. The lowest BCUT2D eigenvalue weighted by molar-refractivity contribution is -0.122. The van der Waals surface area contributed by atoms with Crippen molar-refractivity contribution in [1.29, 1.82) is 0 Å². The van der Waals surface area contributed by atoms with Crippen LogP contribution in [0.2, 0.25) is 0 Å². The van der Waals surface area contributed by atoms with Crippen LogP contribution in [0.3, 0.4) is 0 Å². The van der Waals surface area contributed by atoms with E-state index in [1.165, 1.54) is 0 Å². The quantitative estimate of drug-likeness (QED) is 0.896. The van der Waals surface area contributed by atoms with Gasteiger partial charge in [0.25, 0.3) is 0 Å². The maximum absolute atomic E-state index is 11.1. The lowest BCUT2D eigenvalue weighted by Crippen LogP contribution is -2.36. The highest BCUT2D eigenvalue weighted by Crippen LogP contribution is 2.24. The van der Waals surface area contributed by atoms with Gasteiger partial charge in [0.2, 0.25) is 5.91 Å². The first-order chi connectivity index (χ1) is 10.2. The van der Waals surface area contributed by atoms with E-state index in [0.29, 0.717) is 12.6 Å². The van der Waals surface area contributed by atoms with E-state index in [9.17, 15) is 4.79 Å². The molecule has 1 aromatic carbocycles. The van der Waals surface area contributed by atoms with Crippen molar-refractivity contribution in [2.24, 2.45) is 11.7 Å². The molecule has 1 amide bonds. The number of amides is 1. The Morgan fingerprint density at radius 1 is 1.19 bits per heavy atom. The summed E-state index contributed by atoms with van der Waals surface area (Å²) in [6.45, 7) is 0.712. The van der Waals surface area contributed by atoms with Gasteiger partial charge in [-0.1, -0.05) is 12.1 Å². The summed E-state index contributed by atoms with van der Waals surface area (Å²) >= 11 is 0. The monoisotopic (exact) mass is 284 g/mol. The first kappa shape index (κ1) is 13.9. The number of para-hydroxylation sites is 2. The van der Waals surface area contributed by atoms with Crippen molar-refractivity contribution < 1.29 is 4.79 Å². The van der Waals surface area contributed by atoms with E-state index in [1.807, 2.05) is 30.5 Å². The minimum absolute atomic E-state index is 0.0588. The van der Waals surface area contributed by atoms with Gasteiger partial charge in [0.15, 0.2) is 0 Å². The molecular weight excluding hydrogens is 264 g/mol. The number of fused-ring (bicyclic) bond motifs is 1. The summed E-state index contributed by atoms with van der Waals surface area (Å²) in [6, 6.07) is 8.31. The molecule has 1 fully saturated rings. The number of hydrogen-bond donors (Lipinski definition) is 2. The highest BCUT2D eigenvalue weighted by molar-refractivity contribution is 5.76. The van der Waals surface area contributed by atoms with Crippen LogP contribution in [-0.4, -0.2) is 21.9 Å². The Hall–Kier alpha value is -2.01. The number of nitrogens with zero attached hydrogens (tertiary/aromatic N) is 2. The van der Waals surface area contributed by atoms with Crippen LogP contribution in [0.4, 0.5) is 0 Å². The molecule has 0 radical (unpaired) electrons. The lowest BCUT2D eigenvalue weighted by Gasteiger charge is -2.27. The molecule has 1 aliphatic carbocycles. The Labute approximate surface area is 124 Å². The molecule has 3 N–H and O–H groups in total.